The van der Waals surface area contributed by atoms with Crippen molar-refractivity contribution < 1.29 is 4.79 Å². The van der Waals surface area contributed by atoms with Gasteiger partial charge in [0.05, 0.1) is 11.1 Å². The Bertz CT molecular complexity index is 1430. The van der Waals surface area contributed by atoms with E-state index in [2.05, 4.69) is 5.32 Å². The number of carbonyl (C=O) groups excluding carboxylic acids is 1. The molecule has 0 saturated heterocycles. The van der Waals surface area contributed by atoms with E-state index in [0.29, 0.717) is 27.5 Å². The number of amides is 1. The molecule has 0 fully saturated rings. The fraction of sp³-hybridized carbons (Fsp3) is 0.208. The van der Waals surface area contributed by atoms with Crippen molar-refractivity contribution in [2.24, 2.45) is 0 Å². The van der Waals surface area contributed by atoms with Gasteiger partial charge in [0.25, 0.3) is 5.56 Å². The maximum Gasteiger partial charge on any atom is 0.337 e. The maximum atomic E-state index is 13.4. The largest absolute Gasteiger partial charge is 0.350 e. The topological polar surface area (TPSA) is 73.1 Å². The molecule has 0 unspecified atom stereocenters. The molecule has 6 nitrogen and oxygen atoms in total. The molecule has 0 aliphatic carbocycles. The number of carbonyl (C=O) groups is 1. The quantitative estimate of drug-likeness (QED) is 0.480. The zero-order valence-corrected chi connectivity index (χ0v) is 19.5. The predicted octanol–water partition coefficient (Wildman–Crippen LogP) is 4.11. The average molecular weight is 468 g/mol. The summed E-state index contributed by atoms with van der Waals surface area (Å²) in [6, 6.07) is 14.3. The van der Waals surface area contributed by atoms with Crippen LogP contribution in [0.3, 0.4) is 0 Å². The molecular formula is C24H22ClN3O3S. The van der Waals surface area contributed by atoms with Crippen LogP contribution in [0, 0.1) is 20.8 Å². The number of hydrogen-bond donors (Lipinski definition) is 1. The zero-order valence-electron chi connectivity index (χ0n) is 17.9. The van der Waals surface area contributed by atoms with Gasteiger partial charge in [-0.3, -0.25) is 14.2 Å². The number of rotatable bonds is 5. The summed E-state index contributed by atoms with van der Waals surface area (Å²) in [6.45, 7) is 5.93. The molecule has 0 bridgehead atoms. The summed E-state index contributed by atoms with van der Waals surface area (Å²) in [5, 5.41) is 3.82. The minimum atomic E-state index is -0.559. The van der Waals surface area contributed by atoms with Crippen molar-refractivity contribution in [3.8, 4) is 5.69 Å². The molecule has 0 saturated carbocycles. The first-order valence-corrected chi connectivity index (χ1v) is 11.3. The third kappa shape index (κ3) is 4.13. The molecular weight excluding hydrogens is 446 g/mol. The van der Waals surface area contributed by atoms with Gasteiger partial charge in [-0.05, 0) is 56.2 Å². The van der Waals surface area contributed by atoms with Crippen LogP contribution < -0.4 is 16.6 Å². The Morgan fingerprint density at radius 3 is 2.31 bits per heavy atom. The van der Waals surface area contributed by atoms with Gasteiger partial charge < -0.3 is 5.32 Å². The lowest BCUT2D eigenvalue weighted by molar-refractivity contribution is -0.121. The minimum Gasteiger partial charge on any atom is -0.350 e. The van der Waals surface area contributed by atoms with Crippen molar-refractivity contribution in [1.29, 1.82) is 0 Å². The summed E-state index contributed by atoms with van der Waals surface area (Å²) in [7, 11) is 0. The Balaban J connectivity index is 1.76. The SMILES string of the molecule is Cc1ccc(CNC(=O)Cn2c(=O)n(-c3ccc(Cl)cc3)c(=O)c3c(C)c(C)sc32)cc1. The van der Waals surface area contributed by atoms with Crippen molar-refractivity contribution in [2.45, 2.75) is 33.9 Å². The number of hydrogen-bond acceptors (Lipinski definition) is 4. The van der Waals surface area contributed by atoms with Gasteiger partial charge in [0, 0.05) is 16.4 Å². The average Bonchev–Trinajstić information content (AvgIpc) is 3.06. The fourth-order valence-corrected chi connectivity index (χ4v) is 4.79. The van der Waals surface area contributed by atoms with Crippen LogP contribution in [-0.2, 0) is 17.9 Å². The van der Waals surface area contributed by atoms with Crippen LogP contribution in [0.1, 0.15) is 21.6 Å². The number of nitrogens with one attached hydrogen (secondary N) is 1. The third-order valence-electron chi connectivity index (χ3n) is 5.45. The second-order valence-corrected chi connectivity index (χ2v) is 9.35. The number of aryl methyl sites for hydroxylation is 3. The molecule has 0 aliphatic rings. The van der Waals surface area contributed by atoms with Crippen LogP contribution in [0.25, 0.3) is 15.9 Å². The van der Waals surface area contributed by atoms with E-state index in [0.717, 1.165) is 26.1 Å². The first-order chi connectivity index (χ1) is 15.3. The van der Waals surface area contributed by atoms with Crippen molar-refractivity contribution in [3.05, 3.63) is 96.0 Å². The Morgan fingerprint density at radius 2 is 1.66 bits per heavy atom. The molecule has 0 spiro atoms. The van der Waals surface area contributed by atoms with E-state index in [-0.39, 0.29) is 12.5 Å². The Hall–Kier alpha value is -3.16. The number of thiophene rings is 1. The number of halogens is 1. The van der Waals surface area contributed by atoms with Crippen molar-refractivity contribution in [2.75, 3.05) is 0 Å². The minimum absolute atomic E-state index is 0.186. The van der Waals surface area contributed by atoms with Gasteiger partial charge in [-0.2, -0.15) is 0 Å². The summed E-state index contributed by atoms with van der Waals surface area (Å²) in [6.07, 6.45) is 0. The molecule has 32 heavy (non-hydrogen) atoms. The third-order valence-corrected chi connectivity index (χ3v) is 6.93. The lowest BCUT2D eigenvalue weighted by Crippen LogP contribution is -2.41. The number of aromatic nitrogens is 2. The Labute approximate surface area is 193 Å². The van der Waals surface area contributed by atoms with E-state index < -0.39 is 11.2 Å². The highest BCUT2D eigenvalue weighted by molar-refractivity contribution is 7.18. The molecule has 8 heteroatoms. The highest BCUT2D eigenvalue weighted by Crippen LogP contribution is 2.27. The van der Waals surface area contributed by atoms with Crippen LogP contribution in [-0.4, -0.2) is 15.0 Å². The standard InChI is InChI=1S/C24H22ClN3O3S/c1-14-4-6-17(7-5-14)12-26-20(29)13-27-23-21(15(2)16(3)32-23)22(30)28(24(27)31)19-10-8-18(25)9-11-19/h4-11H,12-13H2,1-3H3,(H,26,29). The van der Waals surface area contributed by atoms with Crippen LogP contribution in [0.4, 0.5) is 0 Å². The van der Waals surface area contributed by atoms with Gasteiger partial charge in [0.15, 0.2) is 0 Å². The maximum absolute atomic E-state index is 13.4. The van der Waals surface area contributed by atoms with Gasteiger partial charge in [-0.15, -0.1) is 11.3 Å². The molecule has 2 aromatic heterocycles. The van der Waals surface area contributed by atoms with Gasteiger partial charge >= 0.3 is 5.69 Å². The van der Waals surface area contributed by atoms with Crippen LogP contribution in [0.2, 0.25) is 5.02 Å². The molecule has 0 atom stereocenters. The highest BCUT2D eigenvalue weighted by Gasteiger charge is 2.21. The van der Waals surface area contributed by atoms with Gasteiger partial charge in [-0.1, -0.05) is 41.4 Å². The van der Waals surface area contributed by atoms with E-state index in [1.54, 1.807) is 24.3 Å². The highest BCUT2D eigenvalue weighted by atomic mass is 35.5. The van der Waals surface area contributed by atoms with Crippen LogP contribution >= 0.6 is 22.9 Å². The molecule has 0 radical (unpaired) electrons. The molecule has 4 rings (SSSR count). The van der Waals surface area contributed by atoms with E-state index in [9.17, 15) is 14.4 Å². The van der Waals surface area contributed by atoms with Crippen LogP contribution in [0.15, 0.2) is 58.1 Å². The summed E-state index contributed by atoms with van der Waals surface area (Å²) in [4.78, 5) is 40.8. The molecule has 2 aromatic carbocycles. The summed E-state index contributed by atoms with van der Waals surface area (Å²) >= 11 is 7.32. The number of fused-ring (bicyclic) bond motifs is 1. The second kappa shape index (κ2) is 8.76. The zero-order chi connectivity index (χ0) is 23.0. The molecule has 164 valence electrons. The second-order valence-electron chi connectivity index (χ2n) is 7.71. The Kier molecular flexibility index (Phi) is 6.04. The number of benzene rings is 2. The van der Waals surface area contributed by atoms with Gasteiger partial charge in [-0.25, -0.2) is 9.36 Å². The summed E-state index contributed by atoms with van der Waals surface area (Å²) < 4.78 is 2.48. The normalized spacial score (nSPS) is 11.1. The van der Waals surface area contributed by atoms with Gasteiger partial charge in [0.1, 0.15) is 11.4 Å². The molecule has 2 heterocycles. The fourth-order valence-electron chi connectivity index (χ4n) is 3.52. The van der Waals surface area contributed by atoms with E-state index in [1.165, 1.54) is 15.9 Å². The first-order valence-electron chi connectivity index (χ1n) is 10.1. The smallest absolute Gasteiger partial charge is 0.337 e. The van der Waals surface area contributed by atoms with E-state index in [1.807, 2.05) is 45.0 Å². The monoisotopic (exact) mass is 467 g/mol. The molecule has 0 aliphatic heterocycles. The van der Waals surface area contributed by atoms with E-state index >= 15 is 0 Å². The summed E-state index contributed by atoms with van der Waals surface area (Å²) in [5.74, 6) is -0.306. The summed E-state index contributed by atoms with van der Waals surface area (Å²) in [5.41, 5.74) is 2.37. The van der Waals surface area contributed by atoms with Gasteiger partial charge in [0.2, 0.25) is 5.91 Å². The lowest BCUT2D eigenvalue weighted by atomic mass is 10.1. The predicted molar refractivity (Wildman–Crippen MR) is 129 cm³/mol. The molecule has 1 amide bonds. The molecule has 4 aromatic rings. The van der Waals surface area contributed by atoms with E-state index in [4.69, 9.17) is 11.6 Å². The molecule has 1 N–H and O–H groups in total. The van der Waals surface area contributed by atoms with Crippen LogP contribution in [0.5, 0.6) is 0 Å². The van der Waals surface area contributed by atoms with Crippen molar-refractivity contribution >= 4 is 39.1 Å². The lowest BCUT2D eigenvalue weighted by Gasteiger charge is -2.13. The Morgan fingerprint density at radius 1 is 1.00 bits per heavy atom. The first kappa shape index (κ1) is 22.0. The van der Waals surface area contributed by atoms with Crippen molar-refractivity contribution in [1.82, 2.24) is 14.5 Å². The number of nitrogens with zero attached hydrogens (tertiary/aromatic N) is 2. The van der Waals surface area contributed by atoms with Crippen molar-refractivity contribution in [3.63, 3.8) is 0 Å².